The molecule has 1 heterocycles. The molecule has 8 nitrogen and oxygen atoms in total. The molecule has 1 aliphatic rings. The van der Waals surface area contributed by atoms with Gasteiger partial charge in [-0.25, -0.2) is 13.6 Å². The maximum Gasteiger partial charge on any atom is 0.325 e. The van der Waals surface area contributed by atoms with Gasteiger partial charge in [-0.05, 0) is 37.3 Å². The number of carbonyl (C=O) groups is 4. The van der Waals surface area contributed by atoms with Gasteiger partial charge in [-0.3, -0.25) is 19.3 Å². The number of likely N-dealkylation sites (N-methyl/N-ethyl adjacent to an activating group) is 1. The molecule has 2 aromatic carbocycles. The third-order valence-corrected chi connectivity index (χ3v) is 5.32. The van der Waals surface area contributed by atoms with E-state index in [4.69, 9.17) is 11.6 Å². The molecule has 1 atom stereocenters. The van der Waals surface area contributed by atoms with Gasteiger partial charge in [0.25, 0.3) is 5.91 Å². The van der Waals surface area contributed by atoms with Crippen molar-refractivity contribution in [3.63, 3.8) is 0 Å². The minimum Gasteiger partial charge on any atom is -0.335 e. The number of rotatable bonds is 6. The van der Waals surface area contributed by atoms with Gasteiger partial charge < -0.3 is 15.5 Å². The van der Waals surface area contributed by atoms with Crippen LogP contribution in [-0.4, -0.2) is 53.7 Å². The van der Waals surface area contributed by atoms with Gasteiger partial charge in [-0.1, -0.05) is 23.7 Å². The van der Waals surface area contributed by atoms with E-state index in [1.807, 2.05) is 0 Å². The number of benzene rings is 2. The second kappa shape index (κ2) is 8.91. The SMILES string of the molecule is CN(CC(=O)Nc1ccccc1Cl)C(=O)CN1C(=O)NC(C)(c2cc(F)ccc2F)C1=O. The molecule has 168 valence electrons. The summed E-state index contributed by atoms with van der Waals surface area (Å²) in [5, 5.41) is 5.17. The molecular weight excluding hydrogens is 446 g/mol. The highest BCUT2D eigenvalue weighted by atomic mass is 35.5. The highest BCUT2D eigenvalue weighted by molar-refractivity contribution is 6.33. The quantitative estimate of drug-likeness (QED) is 0.642. The smallest absolute Gasteiger partial charge is 0.325 e. The number of hydrogen-bond donors (Lipinski definition) is 2. The van der Waals surface area contributed by atoms with Gasteiger partial charge in [0.1, 0.15) is 23.7 Å². The molecule has 2 aromatic rings. The Labute approximate surface area is 187 Å². The van der Waals surface area contributed by atoms with Crippen LogP contribution in [0.5, 0.6) is 0 Å². The molecule has 0 aliphatic carbocycles. The van der Waals surface area contributed by atoms with Crippen LogP contribution < -0.4 is 10.6 Å². The lowest BCUT2D eigenvalue weighted by Crippen LogP contribution is -2.45. The molecule has 0 bridgehead atoms. The minimum atomic E-state index is -1.89. The minimum absolute atomic E-state index is 0.318. The summed E-state index contributed by atoms with van der Waals surface area (Å²) >= 11 is 5.98. The largest absolute Gasteiger partial charge is 0.335 e. The fourth-order valence-corrected chi connectivity index (χ4v) is 3.40. The van der Waals surface area contributed by atoms with Crippen molar-refractivity contribution in [2.45, 2.75) is 12.5 Å². The van der Waals surface area contributed by atoms with Crippen molar-refractivity contribution in [3.05, 3.63) is 64.7 Å². The van der Waals surface area contributed by atoms with Crippen LogP contribution in [0.25, 0.3) is 0 Å². The average molecular weight is 465 g/mol. The number of para-hydroxylation sites is 1. The topological polar surface area (TPSA) is 98.8 Å². The fraction of sp³-hybridized carbons (Fsp3) is 0.238. The molecule has 32 heavy (non-hydrogen) atoms. The Bertz CT molecular complexity index is 1110. The number of nitrogens with one attached hydrogen (secondary N) is 2. The van der Waals surface area contributed by atoms with Crippen molar-refractivity contribution in [1.82, 2.24) is 15.1 Å². The summed E-state index contributed by atoms with van der Waals surface area (Å²) < 4.78 is 27.8. The van der Waals surface area contributed by atoms with Gasteiger partial charge in [-0.2, -0.15) is 0 Å². The first-order valence-electron chi connectivity index (χ1n) is 9.41. The predicted octanol–water partition coefficient (Wildman–Crippen LogP) is 2.48. The molecule has 1 unspecified atom stereocenters. The molecule has 0 spiro atoms. The molecule has 3 rings (SSSR count). The monoisotopic (exact) mass is 464 g/mol. The molecule has 11 heteroatoms. The summed E-state index contributed by atoms with van der Waals surface area (Å²) in [6.07, 6.45) is 0. The molecular formula is C21H19ClF2N4O4. The Morgan fingerprint density at radius 2 is 1.88 bits per heavy atom. The number of hydrogen-bond acceptors (Lipinski definition) is 4. The number of nitrogens with zero attached hydrogens (tertiary/aromatic N) is 2. The summed E-state index contributed by atoms with van der Waals surface area (Å²) in [6, 6.07) is 8.13. The van der Waals surface area contributed by atoms with Crippen molar-refractivity contribution in [2.24, 2.45) is 0 Å². The maximum absolute atomic E-state index is 14.2. The lowest BCUT2D eigenvalue weighted by Gasteiger charge is -2.23. The number of amides is 5. The van der Waals surface area contributed by atoms with E-state index < -0.39 is 47.5 Å². The van der Waals surface area contributed by atoms with Gasteiger partial charge >= 0.3 is 6.03 Å². The first kappa shape index (κ1) is 23.1. The summed E-state index contributed by atoms with van der Waals surface area (Å²) in [5.74, 6) is -3.86. The first-order chi connectivity index (χ1) is 15.0. The van der Waals surface area contributed by atoms with E-state index in [-0.39, 0.29) is 12.1 Å². The van der Waals surface area contributed by atoms with Crippen molar-refractivity contribution in [2.75, 3.05) is 25.5 Å². The van der Waals surface area contributed by atoms with E-state index in [0.29, 0.717) is 15.6 Å². The third-order valence-electron chi connectivity index (χ3n) is 4.99. The summed E-state index contributed by atoms with van der Waals surface area (Å²) in [4.78, 5) is 51.5. The molecule has 1 saturated heterocycles. The number of imide groups is 1. The van der Waals surface area contributed by atoms with Gasteiger partial charge in [0.15, 0.2) is 0 Å². The Balaban J connectivity index is 1.67. The van der Waals surface area contributed by atoms with Crippen LogP contribution in [0.2, 0.25) is 5.02 Å². The fourth-order valence-electron chi connectivity index (χ4n) is 3.22. The molecule has 1 aliphatic heterocycles. The van der Waals surface area contributed by atoms with E-state index in [0.717, 1.165) is 23.1 Å². The second-order valence-electron chi connectivity index (χ2n) is 7.35. The van der Waals surface area contributed by atoms with Gasteiger partial charge in [-0.15, -0.1) is 0 Å². The maximum atomic E-state index is 14.2. The Hall–Kier alpha value is -3.53. The summed E-state index contributed by atoms with van der Waals surface area (Å²) in [5.41, 5.74) is -1.89. The lowest BCUT2D eigenvalue weighted by atomic mass is 9.91. The van der Waals surface area contributed by atoms with E-state index >= 15 is 0 Å². The normalized spacial score (nSPS) is 17.8. The molecule has 0 radical (unpaired) electrons. The number of carbonyl (C=O) groups excluding carboxylic acids is 4. The van der Waals surface area contributed by atoms with E-state index in [2.05, 4.69) is 10.6 Å². The summed E-state index contributed by atoms with van der Waals surface area (Å²) in [7, 11) is 1.32. The van der Waals surface area contributed by atoms with Crippen molar-refractivity contribution < 1.29 is 28.0 Å². The molecule has 5 amide bonds. The second-order valence-corrected chi connectivity index (χ2v) is 7.76. The van der Waals surface area contributed by atoms with E-state index in [9.17, 15) is 28.0 Å². The van der Waals surface area contributed by atoms with Gasteiger partial charge in [0.2, 0.25) is 11.8 Å². The van der Waals surface area contributed by atoms with E-state index in [1.165, 1.54) is 14.0 Å². The Morgan fingerprint density at radius 3 is 2.56 bits per heavy atom. The molecule has 2 N–H and O–H groups in total. The number of halogens is 3. The average Bonchev–Trinajstić information content (AvgIpc) is 2.95. The highest BCUT2D eigenvalue weighted by Gasteiger charge is 2.51. The highest BCUT2D eigenvalue weighted by Crippen LogP contribution is 2.31. The Kier molecular flexibility index (Phi) is 6.45. The van der Waals surface area contributed by atoms with Crippen LogP contribution in [-0.2, 0) is 19.9 Å². The number of urea groups is 1. The standard InChI is InChI=1S/C21H19ClF2N4O4/c1-21(13-9-12(23)7-8-15(13)24)19(31)28(20(32)26-21)11-18(30)27(2)10-17(29)25-16-6-4-3-5-14(16)22/h3-9H,10-11H2,1-2H3,(H,25,29)(H,26,32). The first-order valence-corrected chi connectivity index (χ1v) is 9.78. The van der Waals surface area contributed by atoms with Crippen LogP contribution >= 0.6 is 11.6 Å². The van der Waals surface area contributed by atoms with Crippen molar-refractivity contribution >= 4 is 41.0 Å². The van der Waals surface area contributed by atoms with Gasteiger partial charge in [0, 0.05) is 12.6 Å². The molecule has 0 saturated carbocycles. The van der Waals surface area contributed by atoms with Crippen LogP contribution in [0.15, 0.2) is 42.5 Å². The zero-order valence-corrected chi connectivity index (χ0v) is 17.9. The lowest BCUT2D eigenvalue weighted by molar-refractivity contribution is -0.139. The number of anilines is 1. The zero-order chi connectivity index (χ0) is 23.6. The van der Waals surface area contributed by atoms with Crippen LogP contribution in [0.3, 0.4) is 0 Å². The third kappa shape index (κ3) is 4.54. The van der Waals surface area contributed by atoms with Gasteiger partial charge in [0.05, 0.1) is 17.3 Å². The predicted molar refractivity (Wildman–Crippen MR) is 112 cm³/mol. The van der Waals surface area contributed by atoms with Crippen LogP contribution in [0, 0.1) is 11.6 Å². The zero-order valence-electron chi connectivity index (χ0n) is 17.1. The van der Waals surface area contributed by atoms with Crippen molar-refractivity contribution in [1.29, 1.82) is 0 Å². The Morgan fingerprint density at radius 1 is 1.19 bits per heavy atom. The summed E-state index contributed by atoms with van der Waals surface area (Å²) in [6.45, 7) is 0.160. The van der Waals surface area contributed by atoms with Crippen LogP contribution in [0.4, 0.5) is 19.3 Å². The molecule has 0 aromatic heterocycles. The molecule has 1 fully saturated rings. The van der Waals surface area contributed by atoms with E-state index in [1.54, 1.807) is 24.3 Å². The van der Waals surface area contributed by atoms with Crippen molar-refractivity contribution in [3.8, 4) is 0 Å². The van der Waals surface area contributed by atoms with Crippen LogP contribution in [0.1, 0.15) is 12.5 Å².